The summed E-state index contributed by atoms with van der Waals surface area (Å²) >= 11 is 0. The number of ether oxygens (including phenoxy) is 1. The zero-order valence-corrected chi connectivity index (χ0v) is 12.0. The summed E-state index contributed by atoms with van der Waals surface area (Å²) < 4.78 is 5.34. The molecule has 1 aliphatic rings. The summed E-state index contributed by atoms with van der Waals surface area (Å²) in [6.45, 7) is 8.12. The Hall–Kier alpha value is -2.05. The number of rotatable bonds is 1. The van der Waals surface area contributed by atoms with E-state index in [1.165, 1.54) is 0 Å². The molecule has 0 saturated carbocycles. The first-order chi connectivity index (χ1) is 9.35. The minimum atomic E-state index is -0.475. The largest absolute Gasteiger partial charge is 0.444 e. The molecule has 0 aromatic carbocycles. The van der Waals surface area contributed by atoms with Gasteiger partial charge in [0.1, 0.15) is 5.60 Å². The molecule has 7 nitrogen and oxygen atoms in total. The molecule has 0 atom stereocenters. The highest BCUT2D eigenvalue weighted by molar-refractivity contribution is 5.68. The van der Waals surface area contributed by atoms with Gasteiger partial charge in [-0.15, -0.1) is 0 Å². The number of nitrogens with one attached hydrogen (secondary N) is 1. The second kappa shape index (κ2) is 5.52. The lowest BCUT2D eigenvalue weighted by Crippen LogP contribution is -2.50. The van der Waals surface area contributed by atoms with Crippen molar-refractivity contribution < 1.29 is 9.53 Å². The van der Waals surface area contributed by atoms with Crippen molar-refractivity contribution >= 4 is 11.8 Å². The van der Waals surface area contributed by atoms with Crippen LogP contribution in [0.2, 0.25) is 0 Å². The second-order valence-corrected chi connectivity index (χ2v) is 5.73. The van der Waals surface area contributed by atoms with Crippen LogP contribution in [-0.4, -0.2) is 52.7 Å². The molecule has 7 heteroatoms. The lowest BCUT2D eigenvalue weighted by molar-refractivity contribution is 0.0240. The molecule has 1 N–H and O–H groups in total. The normalized spacial score (nSPS) is 16.1. The Morgan fingerprint density at radius 2 is 1.95 bits per heavy atom. The van der Waals surface area contributed by atoms with Crippen LogP contribution in [0, 0.1) is 0 Å². The monoisotopic (exact) mass is 280 g/mol. The van der Waals surface area contributed by atoms with Gasteiger partial charge in [-0.3, -0.25) is 0 Å². The fraction of sp³-hybridized carbons (Fsp3) is 0.615. The number of piperazine rings is 1. The van der Waals surface area contributed by atoms with Crippen molar-refractivity contribution in [3.05, 3.63) is 22.9 Å². The molecule has 1 aromatic heterocycles. The molecule has 0 unspecified atom stereocenters. The molecule has 0 spiro atoms. The lowest BCUT2D eigenvalue weighted by atomic mass is 10.2. The maximum Gasteiger partial charge on any atom is 0.410 e. The van der Waals surface area contributed by atoms with Gasteiger partial charge < -0.3 is 19.5 Å². The third kappa shape index (κ3) is 3.72. The van der Waals surface area contributed by atoms with Crippen LogP contribution in [0.5, 0.6) is 0 Å². The Bertz CT molecular complexity index is 507. The van der Waals surface area contributed by atoms with Crippen molar-refractivity contribution in [1.29, 1.82) is 0 Å². The van der Waals surface area contributed by atoms with Crippen molar-refractivity contribution in [3.63, 3.8) is 0 Å². The molecule has 0 aliphatic carbocycles. The molecule has 1 aromatic rings. The van der Waals surface area contributed by atoms with Gasteiger partial charge in [0.25, 0.3) is 0 Å². The minimum Gasteiger partial charge on any atom is -0.444 e. The second-order valence-electron chi connectivity index (χ2n) is 5.73. The summed E-state index contributed by atoms with van der Waals surface area (Å²) in [4.78, 5) is 32.9. The summed E-state index contributed by atoms with van der Waals surface area (Å²) in [5, 5.41) is 0. The van der Waals surface area contributed by atoms with Crippen molar-refractivity contribution in [2.24, 2.45) is 0 Å². The van der Waals surface area contributed by atoms with E-state index in [4.69, 9.17) is 4.74 Å². The quantitative estimate of drug-likeness (QED) is 0.824. The standard InChI is InChI=1S/C13H20N4O3/c1-13(2,3)20-12(19)17-6-4-16(5-7-17)10-8-14-11(18)15-9-10/h8-9H,4-7H2,1-3H3,(H,14,15,18). The summed E-state index contributed by atoms with van der Waals surface area (Å²) in [6.07, 6.45) is 2.90. The SMILES string of the molecule is CC(C)(C)OC(=O)N1CCN(c2cnc(=O)[nH]c2)CC1. The Morgan fingerprint density at radius 1 is 1.30 bits per heavy atom. The number of amides is 1. The highest BCUT2D eigenvalue weighted by Gasteiger charge is 2.25. The van der Waals surface area contributed by atoms with Crippen molar-refractivity contribution in [1.82, 2.24) is 14.9 Å². The molecule has 1 aliphatic heterocycles. The fourth-order valence-electron chi connectivity index (χ4n) is 1.98. The molecular weight excluding hydrogens is 260 g/mol. The third-order valence-corrected chi connectivity index (χ3v) is 2.95. The number of hydrogen-bond acceptors (Lipinski definition) is 5. The molecule has 2 rings (SSSR count). The van der Waals surface area contributed by atoms with Gasteiger partial charge >= 0.3 is 11.8 Å². The zero-order valence-electron chi connectivity index (χ0n) is 12.0. The molecule has 0 radical (unpaired) electrons. The fourth-order valence-corrected chi connectivity index (χ4v) is 1.98. The third-order valence-electron chi connectivity index (χ3n) is 2.95. The predicted molar refractivity (Wildman–Crippen MR) is 74.9 cm³/mol. The van der Waals surface area contributed by atoms with Gasteiger partial charge in [-0.2, -0.15) is 4.98 Å². The average Bonchev–Trinajstić information content (AvgIpc) is 2.38. The highest BCUT2D eigenvalue weighted by atomic mass is 16.6. The molecule has 20 heavy (non-hydrogen) atoms. The van der Waals surface area contributed by atoms with E-state index >= 15 is 0 Å². The van der Waals surface area contributed by atoms with Crippen LogP contribution in [0.25, 0.3) is 0 Å². The average molecular weight is 280 g/mol. The first-order valence-electron chi connectivity index (χ1n) is 6.63. The predicted octanol–water partition coefficient (Wildman–Crippen LogP) is 0.827. The summed E-state index contributed by atoms with van der Waals surface area (Å²) in [7, 11) is 0. The first kappa shape index (κ1) is 14.4. The van der Waals surface area contributed by atoms with Crippen molar-refractivity contribution in [2.75, 3.05) is 31.1 Å². The smallest absolute Gasteiger partial charge is 0.410 e. The topological polar surface area (TPSA) is 78.5 Å². The van der Waals surface area contributed by atoms with E-state index < -0.39 is 5.60 Å². The van der Waals surface area contributed by atoms with E-state index in [1.807, 2.05) is 20.8 Å². The molecule has 2 heterocycles. The van der Waals surface area contributed by atoms with E-state index in [1.54, 1.807) is 17.3 Å². The van der Waals surface area contributed by atoms with Gasteiger partial charge in [0.15, 0.2) is 0 Å². The number of hydrogen-bond donors (Lipinski definition) is 1. The Morgan fingerprint density at radius 3 is 2.45 bits per heavy atom. The number of nitrogens with zero attached hydrogens (tertiary/aromatic N) is 3. The number of aromatic nitrogens is 2. The van der Waals surface area contributed by atoms with Gasteiger partial charge in [-0.25, -0.2) is 9.59 Å². The van der Waals surface area contributed by atoms with E-state index in [0.29, 0.717) is 26.2 Å². The van der Waals surface area contributed by atoms with Crippen LogP contribution in [0.4, 0.5) is 10.5 Å². The molecule has 1 fully saturated rings. The van der Waals surface area contributed by atoms with Gasteiger partial charge in [0, 0.05) is 32.4 Å². The molecule has 0 bridgehead atoms. The van der Waals surface area contributed by atoms with Crippen LogP contribution >= 0.6 is 0 Å². The lowest BCUT2D eigenvalue weighted by Gasteiger charge is -2.36. The van der Waals surface area contributed by atoms with Crippen LogP contribution in [0.1, 0.15) is 20.8 Å². The van der Waals surface area contributed by atoms with Gasteiger partial charge in [-0.1, -0.05) is 0 Å². The van der Waals surface area contributed by atoms with E-state index in [0.717, 1.165) is 5.69 Å². The van der Waals surface area contributed by atoms with Crippen LogP contribution in [0.15, 0.2) is 17.2 Å². The minimum absolute atomic E-state index is 0.281. The van der Waals surface area contributed by atoms with Gasteiger partial charge in [-0.05, 0) is 20.8 Å². The Balaban J connectivity index is 1.90. The Kier molecular flexibility index (Phi) is 3.96. The maximum atomic E-state index is 11.9. The molecule has 1 amide bonds. The van der Waals surface area contributed by atoms with Crippen molar-refractivity contribution in [2.45, 2.75) is 26.4 Å². The first-order valence-corrected chi connectivity index (χ1v) is 6.63. The van der Waals surface area contributed by atoms with E-state index in [2.05, 4.69) is 14.9 Å². The zero-order chi connectivity index (χ0) is 14.8. The van der Waals surface area contributed by atoms with E-state index in [9.17, 15) is 9.59 Å². The number of carbonyl (C=O) groups is 1. The summed E-state index contributed by atoms with van der Waals surface area (Å²) in [5.74, 6) is 0. The van der Waals surface area contributed by atoms with E-state index in [-0.39, 0.29) is 11.8 Å². The number of carbonyl (C=O) groups excluding carboxylic acids is 1. The summed E-state index contributed by atoms with van der Waals surface area (Å²) in [5.41, 5.74) is 0.0198. The van der Waals surface area contributed by atoms with Crippen LogP contribution in [0.3, 0.4) is 0 Å². The molecular formula is C13H20N4O3. The molecule has 110 valence electrons. The molecule has 1 saturated heterocycles. The summed E-state index contributed by atoms with van der Waals surface area (Å²) in [6, 6.07) is 0. The van der Waals surface area contributed by atoms with Crippen molar-refractivity contribution in [3.8, 4) is 0 Å². The van der Waals surface area contributed by atoms with Crippen LogP contribution in [-0.2, 0) is 4.74 Å². The van der Waals surface area contributed by atoms with Gasteiger partial charge in [0.2, 0.25) is 0 Å². The maximum absolute atomic E-state index is 11.9. The Labute approximate surface area is 117 Å². The highest BCUT2D eigenvalue weighted by Crippen LogP contribution is 2.15. The van der Waals surface area contributed by atoms with Gasteiger partial charge in [0.05, 0.1) is 11.9 Å². The van der Waals surface area contributed by atoms with Crippen LogP contribution < -0.4 is 10.6 Å². The number of H-pyrrole nitrogens is 1. The number of aromatic amines is 1. The number of anilines is 1.